The molecule has 14 heavy (non-hydrogen) atoms. The molecule has 1 rings (SSSR count). The molecular formula is C9H14BrNO3. The van der Waals surface area contributed by atoms with Gasteiger partial charge >= 0.3 is 5.97 Å². The number of rotatable bonds is 2. The van der Waals surface area contributed by atoms with E-state index in [1.807, 2.05) is 0 Å². The fourth-order valence-electron chi connectivity index (χ4n) is 1.62. The van der Waals surface area contributed by atoms with Crippen molar-refractivity contribution in [3.8, 4) is 0 Å². The lowest BCUT2D eigenvalue weighted by Crippen LogP contribution is -2.41. The summed E-state index contributed by atoms with van der Waals surface area (Å²) in [4.78, 5) is 24.2. The van der Waals surface area contributed by atoms with E-state index in [4.69, 9.17) is 0 Å². The number of piperidine rings is 1. The van der Waals surface area contributed by atoms with Crippen LogP contribution in [-0.2, 0) is 14.3 Å². The van der Waals surface area contributed by atoms with E-state index in [-0.39, 0.29) is 17.8 Å². The first kappa shape index (κ1) is 11.5. The van der Waals surface area contributed by atoms with Crippen LogP contribution >= 0.6 is 15.9 Å². The molecule has 4 nitrogen and oxygen atoms in total. The van der Waals surface area contributed by atoms with Gasteiger partial charge < -0.3 is 9.64 Å². The Morgan fingerprint density at radius 3 is 2.43 bits per heavy atom. The van der Waals surface area contributed by atoms with Crippen LogP contribution in [0.4, 0.5) is 0 Å². The normalized spacial score (nSPS) is 18.0. The Morgan fingerprint density at radius 1 is 1.43 bits per heavy atom. The van der Waals surface area contributed by atoms with Gasteiger partial charge in [0.05, 0.1) is 18.4 Å². The largest absolute Gasteiger partial charge is 0.469 e. The maximum Gasteiger partial charge on any atom is 0.308 e. The van der Waals surface area contributed by atoms with Crippen molar-refractivity contribution in [2.75, 3.05) is 25.5 Å². The first-order valence-corrected chi connectivity index (χ1v) is 5.72. The van der Waals surface area contributed by atoms with Crippen LogP contribution in [0.15, 0.2) is 0 Å². The van der Waals surface area contributed by atoms with Crippen molar-refractivity contribution >= 4 is 27.8 Å². The summed E-state index contributed by atoms with van der Waals surface area (Å²) in [6, 6.07) is 0. The van der Waals surface area contributed by atoms with Crippen LogP contribution in [0.25, 0.3) is 0 Å². The van der Waals surface area contributed by atoms with Gasteiger partial charge in [0.15, 0.2) is 0 Å². The van der Waals surface area contributed by atoms with E-state index < -0.39 is 0 Å². The Morgan fingerprint density at radius 2 is 2.00 bits per heavy atom. The number of carbonyl (C=O) groups is 2. The van der Waals surface area contributed by atoms with Crippen LogP contribution in [0.2, 0.25) is 0 Å². The summed E-state index contributed by atoms with van der Waals surface area (Å²) in [5.74, 6) is -0.0939. The molecule has 0 aromatic carbocycles. The van der Waals surface area contributed by atoms with Crippen molar-refractivity contribution in [3.63, 3.8) is 0 Å². The number of amides is 1. The predicted octanol–water partition coefficient (Wildman–Crippen LogP) is 0.793. The number of esters is 1. The molecule has 0 aromatic heterocycles. The highest BCUT2D eigenvalue weighted by Gasteiger charge is 2.27. The Balaban J connectivity index is 2.38. The number of alkyl halides is 1. The summed E-state index contributed by atoms with van der Waals surface area (Å²) in [5, 5.41) is 0.357. The third-order valence-electron chi connectivity index (χ3n) is 2.50. The number of halogens is 1. The summed E-state index contributed by atoms with van der Waals surface area (Å²) >= 11 is 3.13. The SMILES string of the molecule is COC(=O)C1CCN(C(=O)CBr)CC1. The number of hydrogen-bond acceptors (Lipinski definition) is 3. The summed E-state index contributed by atoms with van der Waals surface area (Å²) in [6.07, 6.45) is 1.43. The maximum atomic E-state index is 11.3. The summed E-state index contributed by atoms with van der Waals surface area (Å²) in [6.45, 7) is 1.31. The molecule has 0 radical (unpaired) electrons. The van der Waals surface area contributed by atoms with Gasteiger partial charge in [0.25, 0.3) is 0 Å². The van der Waals surface area contributed by atoms with Crippen molar-refractivity contribution in [2.45, 2.75) is 12.8 Å². The zero-order valence-corrected chi connectivity index (χ0v) is 9.75. The molecule has 0 bridgehead atoms. The second-order valence-corrected chi connectivity index (χ2v) is 3.87. The van der Waals surface area contributed by atoms with Gasteiger partial charge in [0.1, 0.15) is 0 Å². The molecule has 5 heteroatoms. The minimum Gasteiger partial charge on any atom is -0.469 e. The van der Waals surface area contributed by atoms with Gasteiger partial charge in [0, 0.05) is 13.1 Å². The van der Waals surface area contributed by atoms with E-state index >= 15 is 0 Å². The van der Waals surface area contributed by atoms with Crippen LogP contribution < -0.4 is 0 Å². The van der Waals surface area contributed by atoms with Crippen LogP contribution in [0.3, 0.4) is 0 Å². The monoisotopic (exact) mass is 263 g/mol. The number of carbonyl (C=O) groups excluding carboxylic acids is 2. The molecule has 0 N–H and O–H groups in total. The zero-order valence-electron chi connectivity index (χ0n) is 8.16. The molecule has 1 fully saturated rings. The minimum absolute atomic E-state index is 0.0284. The molecule has 0 aliphatic carbocycles. The first-order chi connectivity index (χ1) is 6.69. The van der Waals surface area contributed by atoms with Crippen molar-refractivity contribution < 1.29 is 14.3 Å². The molecular weight excluding hydrogens is 250 g/mol. The van der Waals surface area contributed by atoms with E-state index in [9.17, 15) is 9.59 Å². The highest BCUT2D eigenvalue weighted by molar-refractivity contribution is 9.09. The highest BCUT2D eigenvalue weighted by Crippen LogP contribution is 2.18. The molecule has 0 atom stereocenters. The fraction of sp³-hybridized carbons (Fsp3) is 0.778. The summed E-state index contributed by atoms with van der Waals surface area (Å²) in [5.41, 5.74) is 0. The Kier molecular flexibility index (Phi) is 4.38. The van der Waals surface area contributed by atoms with Crippen LogP contribution in [0.5, 0.6) is 0 Å². The molecule has 1 heterocycles. The topological polar surface area (TPSA) is 46.6 Å². The van der Waals surface area contributed by atoms with Crippen LogP contribution in [0.1, 0.15) is 12.8 Å². The van der Waals surface area contributed by atoms with Gasteiger partial charge in [-0.05, 0) is 12.8 Å². The highest BCUT2D eigenvalue weighted by atomic mass is 79.9. The van der Waals surface area contributed by atoms with Gasteiger partial charge in [-0.25, -0.2) is 0 Å². The molecule has 0 aromatic rings. The van der Waals surface area contributed by atoms with E-state index in [0.717, 1.165) is 0 Å². The maximum absolute atomic E-state index is 11.3. The first-order valence-electron chi connectivity index (χ1n) is 4.60. The number of ether oxygens (including phenoxy) is 1. The van der Waals surface area contributed by atoms with Gasteiger partial charge in [0.2, 0.25) is 5.91 Å². The second-order valence-electron chi connectivity index (χ2n) is 3.31. The molecule has 1 aliphatic heterocycles. The van der Waals surface area contributed by atoms with Gasteiger partial charge in [-0.2, -0.15) is 0 Å². The smallest absolute Gasteiger partial charge is 0.308 e. The van der Waals surface area contributed by atoms with E-state index in [1.165, 1.54) is 7.11 Å². The van der Waals surface area contributed by atoms with Crippen LogP contribution in [-0.4, -0.2) is 42.3 Å². The Labute approximate surface area is 91.7 Å². The van der Waals surface area contributed by atoms with Crippen molar-refractivity contribution in [1.29, 1.82) is 0 Å². The van der Waals surface area contributed by atoms with Crippen molar-refractivity contribution in [1.82, 2.24) is 4.90 Å². The third-order valence-corrected chi connectivity index (χ3v) is 2.98. The van der Waals surface area contributed by atoms with Crippen molar-refractivity contribution in [3.05, 3.63) is 0 Å². The second kappa shape index (κ2) is 5.34. The van der Waals surface area contributed by atoms with E-state index in [0.29, 0.717) is 31.3 Å². The molecule has 0 spiro atoms. The molecule has 1 saturated heterocycles. The molecule has 0 saturated carbocycles. The van der Waals surface area contributed by atoms with Gasteiger partial charge in [-0.15, -0.1) is 0 Å². The molecule has 80 valence electrons. The quantitative estimate of drug-likeness (QED) is 0.547. The summed E-state index contributed by atoms with van der Waals surface area (Å²) in [7, 11) is 1.40. The Hall–Kier alpha value is -0.580. The van der Waals surface area contributed by atoms with Gasteiger partial charge in [-0.3, -0.25) is 9.59 Å². The zero-order chi connectivity index (χ0) is 10.6. The third kappa shape index (κ3) is 2.70. The van der Waals surface area contributed by atoms with E-state index in [1.54, 1.807) is 4.90 Å². The predicted molar refractivity (Wildman–Crippen MR) is 55.1 cm³/mol. The number of nitrogens with zero attached hydrogens (tertiary/aromatic N) is 1. The lowest BCUT2D eigenvalue weighted by atomic mass is 9.97. The minimum atomic E-state index is -0.157. The number of likely N-dealkylation sites (tertiary alicyclic amines) is 1. The molecule has 1 aliphatic rings. The van der Waals surface area contributed by atoms with E-state index in [2.05, 4.69) is 20.7 Å². The van der Waals surface area contributed by atoms with Gasteiger partial charge in [-0.1, -0.05) is 15.9 Å². The standard InChI is InChI=1S/C9H14BrNO3/c1-14-9(13)7-2-4-11(5-3-7)8(12)6-10/h7H,2-6H2,1H3. The average molecular weight is 264 g/mol. The molecule has 0 unspecified atom stereocenters. The summed E-state index contributed by atoms with van der Waals surface area (Å²) < 4.78 is 4.66. The van der Waals surface area contributed by atoms with Crippen molar-refractivity contribution in [2.24, 2.45) is 5.92 Å². The lowest BCUT2D eigenvalue weighted by molar-refractivity contribution is -0.148. The van der Waals surface area contributed by atoms with Crippen LogP contribution in [0, 0.1) is 5.92 Å². The Bertz CT molecular complexity index is 200. The molecule has 1 amide bonds. The lowest BCUT2D eigenvalue weighted by Gasteiger charge is -2.30. The fourth-order valence-corrected chi connectivity index (χ4v) is 1.97. The number of hydrogen-bond donors (Lipinski definition) is 0. The average Bonchev–Trinajstić information content (AvgIpc) is 2.27. The number of methoxy groups -OCH3 is 1.